The molecule has 2 unspecified atom stereocenters. The molecule has 5 rings (SSSR count). The second-order valence-corrected chi connectivity index (χ2v) is 8.10. The average Bonchev–Trinajstić information content (AvgIpc) is 3.25. The summed E-state index contributed by atoms with van der Waals surface area (Å²) in [6, 6.07) is 0. The first-order valence-electron chi connectivity index (χ1n) is 9.77. The van der Waals surface area contributed by atoms with Crippen LogP contribution in [0, 0.1) is 0 Å². The van der Waals surface area contributed by atoms with Crippen LogP contribution in [0.3, 0.4) is 0 Å². The van der Waals surface area contributed by atoms with E-state index in [-0.39, 0.29) is 0 Å². The van der Waals surface area contributed by atoms with Crippen LogP contribution in [-0.4, -0.2) is 71.4 Å². The van der Waals surface area contributed by atoms with Gasteiger partial charge in [-0.15, -0.1) is 0 Å². The Morgan fingerprint density at radius 1 is 0.833 bits per heavy atom. The van der Waals surface area contributed by atoms with Crippen molar-refractivity contribution in [1.82, 2.24) is 19.9 Å². The van der Waals surface area contributed by atoms with Crippen LogP contribution < -0.4 is 0 Å². The van der Waals surface area contributed by atoms with Gasteiger partial charge in [-0.05, 0) is 51.6 Å². The normalized spacial score (nSPS) is 32.5. The Balaban J connectivity index is 1.08. The van der Waals surface area contributed by atoms with Crippen LogP contribution in [0.15, 0.2) is 4.52 Å². The summed E-state index contributed by atoms with van der Waals surface area (Å²) in [5.74, 6) is 2.91. The Hall–Kier alpha value is -0.980. The molecule has 0 radical (unpaired) electrons. The van der Waals surface area contributed by atoms with Crippen molar-refractivity contribution in [3.8, 4) is 0 Å². The predicted molar refractivity (Wildman–Crippen MR) is 89.0 cm³/mol. The highest BCUT2D eigenvalue weighted by Crippen LogP contribution is 2.39. The molecule has 4 aliphatic rings. The van der Waals surface area contributed by atoms with Crippen molar-refractivity contribution < 1.29 is 9.26 Å². The highest BCUT2D eigenvalue weighted by atomic mass is 16.5. The van der Waals surface area contributed by atoms with Gasteiger partial charge in [0.2, 0.25) is 5.89 Å². The van der Waals surface area contributed by atoms with Crippen LogP contribution in [0.2, 0.25) is 0 Å². The van der Waals surface area contributed by atoms with Gasteiger partial charge in [-0.25, -0.2) is 0 Å². The van der Waals surface area contributed by atoms with Crippen molar-refractivity contribution in [2.24, 2.45) is 0 Å². The Bertz CT molecular complexity index is 553. The minimum absolute atomic E-state index is 0.497. The molecular weight excluding hydrogens is 304 g/mol. The first kappa shape index (κ1) is 15.3. The third kappa shape index (κ3) is 3.24. The monoisotopic (exact) mass is 332 g/mol. The number of rotatable bonds is 5. The lowest BCUT2D eigenvalue weighted by molar-refractivity contribution is -0.0406. The van der Waals surface area contributed by atoms with Gasteiger partial charge < -0.3 is 14.2 Å². The number of piperidine rings is 1. The van der Waals surface area contributed by atoms with Gasteiger partial charge >= 0.3 is 0 Å². The van der Waals surface area contributed by atoms with E-state index in [2.05, 4.69) is 19.9 Å². The molecule has 2 bridgehead atoms. The topological polar surface area (TPSA) is 54.6 Å². The summed E-state index contributed by atoms with van der Waals surface area (Å²) in [6.45, 7) is 6.98. The SMILES string of the molecule is C1CC2CN(CCN3CCC(c4noc(C5CC5)n4)CC3)CC1O2. The molecule has 6 heteroatoms. The fourth-order valence-electron chi connectivity index (χ4n) is 4.49. The number of ether oxygens (including phenoxy) is 1. The van der Waals surface area contributed by atoms with Crippen LogP contribution in [0.1, 0.15) is 62.1 Å². The smallest absolute Gasteiger partial charge is 0.229 e. The number of nitrogens with zero attached hydrogens (tertiary/aromatic N) is 4. The molecule has 24 heavy (non-hydrogen) atoms. The molecule has 0 amide bonds. The average molecular weight is 332 g/mol. The fraction of sp³-hybridized carbons (Fsp3) is 0.889. The Kier molecular flexibility index (Phi) is 4.07. The van der Waals surface area contributed by atoms with Crippen molar-refractivity contribution >= 4 is 0 Å². The molecule has 4 fully saturated rings. The zero-order valence-corrected chi connectivity index (χ0v) is 14.4. The van der Waals surface area contributed by atoms with E-state index < -0.39 is 0 Å². The molecule has 1 aromatic heterocycles. The number of hydrogen-bond acceptors (Lipinski definition) is 6. The molecule has 132 valence electrons. The maximum atomic E-state index is 5.93. The molecule has 0 spiro atoms. The highest BCUT2D eigenvalue weighted by molar-refractivity contribution is 5.05. The fourth-order valence-corrected chi connectivity index (χ4v) is 4.49. The first-order chi connectivity index (χ1) is 11.8. The minimum Gasteiger partial charge on any atom is -0.372 e. The lowest BCUT2D eigenvalue weighted by atomic mass is 9.96. The summed E-state index contributed by atoms with van der Waals surface area (Å²) >= 11 is 0. The van der Waals surface area contributed by atoms with Gasteiger partial charge in [0.1, 0.15) is 0 Å². The second kappa shape index (κ2) is 6.39. The molecule has 4 heterocycles. The molecule has 0 aromatic carbocycles. The first-order valence-corrected chi connectivity index (χ1v) is 9.77. The van der Waals surface area contributed by atoms with E-state index in [4.69, 9.17) is 9.26 Å². The van der Waals surface area contributed by atoms with Gasteiger partial charge in [-0.3, -0.25) is 4.90 Å². The Morgan fingerprint density at radius 3 is 2.25 bits per heavy atom. The lowest BCUT2D eigenvalue weighted by Gasteiger charge is -2.35. The van der Waals surface area contributed by atoms with Gasteiger partial charge in [0.25, 0.3) is 0 Å². The number of fused-ring (bicyclic) bond motifs is 2. The maximum absolute atomic E-state index is 5.93. The molecule has 1 aromatic rings. The quantitative estimate of drug-likeness (QED) is 0.822. The summed E-state index contributed by atoms with van der Waals surface area (Å²) in [4.78, 5) is 9.86. The Labute approximate surface area is 143 Å². The third-order valence-corrected chi connectivity index (χ3v) is 6.19. The Morgan fingerprint density at radius 2 is 1.54 bits per heavy atom. The molecule has 3 aliphatic heterocycles. The van der Waals surface area contributed by atoms with E-state index >= 15 is 0 Å². The van der Waals surface area contributed by atoms with Crippen LogP contribution in [-0.2, 0) is 4.74 Å². The van der Waals surface area contributed by atoms with E-state index in [0.717, 1.165) is 50.7 Å². The summed E-state index contributed by atoms with van der Waals surface area (Å²) in [6.07, 6.45) is 8.32. The van der Waals surface area contributed by atoms with Gasteiger partial charge in [-0.2, -0.15) is 4.98 Å². The summed E-state index contributed by atoms with van der Waals surface area (Å²) in [7, 11) is 0. The molecule has 6 nitrogen and oxygen atoms in total. The van der Waals surface area contributed by atoms with Gasteiger partial charge in [0.15, 0.2) is 5.82 Å². The largest absolute Gasteiger partial charge is 0.372 e. The van der Waals surface area contributed by atoms with E-state index in [0.29, 0.717) is 24.0 Å². The van der Waals surface area contributed by atoms with Crippen LogP contribution >= 0.6 is 0 Å². The molecular formula is C18H28N4O2. The maximum Gasteiger partial charge on any atom is 0.229 e. The molecule has 2 atom stereocenters. The van der Waals surface area contributed by atoms with Crippen molar-refractivity contribution in [2.45, 2.75) is 62.6 Å². The van der Waals surface area contributed by atoms with Gasteiger partial charge in [0.05, 0.1) is 12.2 Å². The van der Waals surface area contributed by atoms with Crippen LogP contribution in [0.25, 0.3) is 0 Å². The van der Waals surface area contributed by atoms with Crippen molar-refractivity contribution in [2.75, 3.05) is 39.3 Å². The molecule has 0 N–H and O–H groups in total. The second-order valence-electron chi connectivity index (χ2n) is 8.10. The number of morpholine rings is 1. The van der Waals surface area contributed by atoms with E-state index in [1.807, 2.05) is 0 Å². The summed E-state index contributed by atoms with van der Waals surface area (Å²) in [5.41, 5.74) is 0. The lowest BCUT2D eigenvalue weighted by Crippen LogP contribution is -2.46. The highest BCUT2D eigenvalue weighted by Gasteiger charge is 2.34. The zero-order valence-electron chi connectivity index (χ0n) is 14.4. The third-order valence-electron chi connectivity index (χ3n) is 6.19. The zero-order chi connectivity index (χ0) is 15.9. The van der Waals surface area contributed by atoms with Gasteiger partial charge in [0, 0.05) is 38.0 Å². The van der Waals surface area contributed by atoms with Crippen molar-refractivity contribution in [3.05, 3.63) is 11.7 Å². The number of hydrogen-bond donors (Lipinski definition) is 0. The number of likely N-dealkylation sites (tertiary alicyclic amines) is 2. The van der Waals surface area contributed by atoms with E-state index in [1.165, 1.54) is 38.8 Å². The minimum atomic E-state index is 0.497. The van der Waals surface area contributed by atoms with E-state index in [1.54, 1.807) is 0 Å². The summed E-state index contributed by atoms with van der Waals surface area (Å²) in [5, 5.41) is 4.24. The van der Waals surface area contributed by atoms with Gasteiger partial charge in [-0.1, -0.05) is 5.16 Å². The van der Waals surface area contributed by atoms with Crippen LogP contribution in [0.5, 0.6) is 0 Å². The van der Waals surface area contributed by atoms with Crippen molar-refractivity contribution in [3.63, 3.8) is 0 Å². The standard InChI is InChI=1S/C18H28N4O2/c1-2-14(1)18-19-17(20-24-18)13-5-7-21(8-6-13)9-10-22-11-15-3-4-16(12-22)23-15/h13-16H,1-12H2. The van der Waals surface area contributed by atoms with E-state index in [9.17, 15) is 0 Å². The predicted octanol–water partition coefficient (Wildman–Crippen LogP) is 1.99. The number of aromatic nitrogens is 2. The van der Waals surface area contributed by atoms with Crippen LogP contribution in [0.4, 0.5) is 0 Å². The molecule has 1 saturated carbocycles. The molecule has 3 saturated heterocycles. The summed E-state index contributed by atoms with van der Waals surface area (Å²) < 4.78 is 11.4. The molecule has 1 aliphatic carbocycles. The van der Waals surface area contributed by atoms with Crippen molar-refractivity contribution in [1.29, 1.82) is 0 Å².